The number of anilines is 1. The van der Waals surface area contributed by atoms with Crippen LogP contribution in [0.25, 0.3) is 22.3 Å². The van der Waals surface area contributed by atoms with Crippen molar-refractivity contribution in [1.29, 1.82) is 0 Å². The Hall–Kier alpha value is -3.93. The lowest BCUT2D eigenvalue weighted by atomic mass is 9.85. The maximum atomic E-state index is 14.1. The molecule has 2 amide bonds. The van der Waals surface area contributed by atoms with E-state index >= 15 is 0 Å². The Kier molecular flexibility index (Phi) is 10.0. The van der Waals surface area contributed by atoms with Crippen molar-refractivity contribution in [3.63, 3.8) is 0 Å². The van der Waals surface area contributed by atoms with Gasteiger partial charge in [-0.15, -0.1) is 11.3 Å². The smallest absolute Gasteiger partial charge is 0.408 e. The van der Waals surface area contributed by atoms with E-state index in [9.17, 15) is 14.4 Å². The van der Waals surface area contributed by atoms with Crippen molar-refractivity contribution in [3.8, 4) is 22.9 Å². The summed E-state index contributed by atoms with van der Waals surface area (Å²) in [7, 11) is 1.60. The summed E-state index contributed by atoms with van der Waals surface area (Å²) in [6.45, 7) is 11.4. The molecular weight excluding hydrogens is 606 g/mol. The van der Waals surface area contributed by atoms with Gasteiger partial charge in [-0.1, -0.05) is 20.8 Å². The minimum atomic E-state index is -0.888. The highest BCUT2D eigenvalue weighted by molar-refractivity contribution is 7.14. The van der Waals surface area contributed by atoms with E-state index in [0.29, 0.717) is 34.8 Å². The summed E-state index contributed by atoms with van der Waals surface area (Å²) >= 11 is 1.50. The Morgan fingerprint density at radius 2 is 1.78 bits per heavy atom. The fourth-order valence-corrected chi connectivity index (χ4v) is 6.90. The molecule has 0 radical (unpaired) electrons. The van der Waals surface area contributed by atoms with E-state index in [1.54, 1.807) is 12.0 Å². The SMILES string of the molecule is COc1ccc2c(O[C@@H]3C[C@@H](C(C)=O)N(C(=O)[C@@H](NC(=O)OC4CCCC4)C(C)(C)C)C3)cc(-c3csc(NC(C)C)n3)nc2c1. The molecule has 1 aliphatic carbocycles. The number of thiazole rings is 1. The van der Waals surface area contributed by atoms with E-state index in [4.69, 9.17) is 24.2 Å². The molecule has 2 fully saturated rings. The molecule has 1 aliphatic heterocycles. The highest BCUT2D eigenvalue weighted by Gasteiger charge is 2.45. The average molecular weight is 652 g/mol. The molecule has 3 aromatic rings. The van der Waals surface area contributed by atoms with Crippen LogP contribution in [0.15, 0.2) is 29.6 Å². The number of pyridine rings is 1. The quantitative estimate of drug-likeness (QED) is 0.263. The van der Waals surface area contributed by atoms with Gasteiger partial charge >= 0.3 is 6.09 Å². The van der Waals surface area contributed by atoms with E-state index < -0.39 is 29.7 Å². The third-order valence-electron chi connectivity index (χ3n) is 8.42. The Labute approximate surface area is 274 Å². The van der Waals surface area contributed by atoms with Crippen molar-refractivity contribution in [2.75, 3.05) is 19.0 Å². The van der Waals surface area contributed by atoms with Gasteiger partial charge in [0.2, 0.25) is 5.91 Å². The molecule has 3 atom stereocenters. The molecule has 11 nitrogen and oxygen atoms in total. The van der Waals surface area contributed by atoms with Crippen LogP contribution in [0.1, 0.15) is 73.6 Å². The van der Waals surface area contributed by atoms with E-state index in [0.717, 1.165) is 36.2 Å². The van der Waals surface area contributed by atoms with E-state index in [1.165, 1.54) is 18.3 Å². The normalized spacial score (nSPS) is 19.3. The highest BCUT2D eigenvalue weighted by atomic mass is 32.1. The van der Waals surface area contributed by atoms with Crippen LogP contribution < -0.4 is 20.1 Å². The molecule has 1 aromatic carbocycles. The number of alkyl carbamates (subject to hydrolysis) is 1. The lowest BCUT2D eigenvalue weighted by Crippen LogP contribution is -2.57. The molecular formula is C34H45N5O6S. The number of ether oxygens (including phenoxy) is 3. The zero-order valence-electron chi connectivity index (χ0n) is 27.7. The molecule has 0 unspecified atom stereocenters. The first-order chi connectivity index (χ1) is 21.8. The maximum Gasteiger partial charge on any atom is 0.408 e. The van der Waals surface area contributed by atoms with Gasteiger partial charge in [0.05, 0.1) is 30.9 Å². The monoisotopic (exact) mass is 651 g/mol. The van der Waals surface area contributed by atoms with Gasteiger partial charge in [0.1, 0.15) is 35.4 Å². The van der Waals surface area contributed by atoms with Crippen molar-refractivity contribution in [2.45, 2.75) is 104 Å². The molecule has 2 aromatic heterocycles. The number of hydrogen-bond donors (Lipinski definition) is 2. The molecule has 12 heteroatoms. The second kappa shape index (κ2) is 13.8. The summed E-state index contributed by atoms with van der Waals surface area (Å²) in [5, 5.41) is 9.66. The van der Waals surface area contributed by atoms with E-state index in [-0.39, 0.29) is 30.4 Å². The van der Waals surface area contributed by atoms with Crippen LogP contribution in [-0.4, -0.2) is 76.6 Å². The van der Waals surface area contributed by atoms with Gasteiger partial charge in [-0.3, -0.25) is 9.59 Å². The number of aromatic nitrogens is 2. The summed E-state index contributed by atoms with van der Waals surface area (Å²) in [6.07, 6.45) is 2.82. The average Bonchev–Trinajstić information content (AvgIpc) is 3.76. The van der Waals surface area contributed by atoms with Crippen molar-refractivity contribution in [1.82, 2.24) is 20.2 Å². The lowest BCUT2D eigenvalue weighted by Gasteiger charge is -2.35. The first-order valence-electron chi connectivity index (χ1n) is 16.0. The van der Waals surface area contributed by atoms with Crippen LogP contribution in [0.3, 0.4) is 0 Å². The fraction of sp³-hybridized carbons (Fsp3) is 0.559. The molecule has 3 heterocycles. The third kappa shape index (κ3) is 7.71. The number of nitrogens with one attached hydrogen (secondary N) is 2. The molecule has 5 rings (SSSR count). The zero-order valence-corrected chi connectivity index (χ0v) is 28.5. The lowest BCUT2D eigenvalue weighted by molar-refractivity contribution is -0.140. The number of likely N-dealkylation sites (tertiary alicyclic amines) is 1. The van der Waals surface area contributed by atoms with E-state index in [2.05, 4.69) is 24.5 Å². The highest BCUT2D eigenvalue weighted by Crippen LogP contribution is 2.36. The molecule has 1 saturated carbocycles. The van der Waals surface area contributed by atoms with Crippen molar-refractivity contribution >= 4 is 45.2 Å². The molecule has 46 heavy (non-hydrogen) atoms. The Morgan fingerprint density at radius 3 is 2.43 bits per heavy atom. The van der Waals surface area contributed by atoms with Gasteiger partial charge in [0.15, 0.2) is 10.9 Å². The number of amides is 2. The second-order valence-corrected chi connectivity index (χ2v) is 14.4. The second-order valence-electron chi connectivity index (χ2n) is 13.6. The summed E-state index contributed by atoms with van der Waals surface area (Å²) in [4.78, 5) is 51.0. The molecule has 2 aliphatic rings. The Morgan fingerprint density at radius 1 is 1.04 bits per heavy atom. The van der Waals surface area contributed by atoms with Crippen LogP contribution in [0.2, 0.25) is 0 Å². The van der Waals surface area contributed by atoms with Gasteiger partial charge in [0, 0.05) is 35.4 Å². The minimum Gasteiger partial charge on any atom is -0.497 e. The molecule has 0 bridgehead atoms. The number of methoxy groups -OCH3 is 1. The van der Waals surface area contributed by atoms with Crippen molar-refractivity contribution in [3.05, 3.63) is 29.6 Å². The first kappa shape index (κ1) is 33.4. The number of benzene rings is 1. The van der Waals surface area contributed by atoms with Crippen molar-refractivity contribution in [2.24, 2.45) is 5.41 Å². The first-order valence-corrected chi connectivity index (χ1v) is 16.9. The summed E-state index contributed by atoms with van der Waals surface area (Å²) in [5.41, 5.74) is 1.38. The van der Waals surface area contributed by atoms with Crippen LogP contribution in [0.5, 0.6) is 11.5 Å². The number of carbonyl (C=O) groups excluding carboxylic acids is 3. The molecule has 0 spiro atoms. The number of fused-ring (bicyclic) bond motifs is 1. The summed E-state index contributed by atoms with van der Waals surface area (Å²) < 4.78 is 17.7. The summed E-state index contributed by atoms with van der Waals surface area (Å²) in [5.74, 6) is 0.754. The predicted octanol–water partition coefficient (Wildman–Crippen LogP) is 6.21. The Bertz CT molecular complexity index is 1580. The largest absolute Gasteiger partial charge is 0.497 e. The van der Waals surface area contributed by atoms with Gasteiger partial charge in [-0.25, -0.2) is 14.8 Å². The van der Waals surface area contributed by atoms with Crippen LogP contribution >= 0.6 is 11.3 Å². The number of carbonyl (C=O) groups is 3. The third-order valence-corrected chi connectivity index (χ3v) is 9.19. The standard InChI is InChI=1S/C34H45N5O6S/c1-19(2)35-32-37-27(18-46-32)26-16-29(24-13-12-22(43-7)14-25(24)36-26)44-23-15-28(20(3)40)39(17-23)31(41)30(34(4,5)6)38-33(42)45-21-10-8-9-11-21/h12-14,16,18-19,21,23,28,30H,8-11,15,17H2,1-7H3,(H,35,37)(H,38,42)/t23-,28+,30-/m1/s1. The number of nitrogens with zero attached hydrogens (tertiary/aromatic N) is 3. The number of rotatable bonds is 10. The number of Topliss-reactive ketones (excluding diaryl/α,β-unsaturated/α-hetero) is 1. The van der Waals surface area contributed by atoms with Gasteiger partial charge in [-0.2, -0.15) is 0 Å². The predicted molar refractivity (Wildman–Crippen MR) is 178 cm³/mol. The van der Waals surface area contributed by atoms with Crippen LogP contribution in [0, 0.1) is 5.41 Å². The van der Waals surface area contributed by atoms with E-state index in [1.807, 2.05) is 50.4 Å². The van der Waals surface area contributed by atoms with Gasteiger partial charge in [-0.05, 0) is 64.0 Å². The number of hydrogen-bond acceptors (Lipinski definition) is 10. The van der Waals surface area contributed by atoms with Crippen LogP contribution in [0.4, 0.5) is 9.93 Å². The molecule has 248 valence electrons. The Balaban J connectivity index is 1.41. The summed E-state index contributed by atoms with van der Waals surface area (Å²) in [6, 6.07) is 6.10. The topological polar surface area (TPSA) is 132 Å². The van der Waals surface area contributed by atoms with Gasteiger partial charge in [0.25, 0.3) is 0 Å². The zero-order chi connectivity index (χ0) is 33.2. The number of ketones is 1. The van der Waals surface area contributed by atoms with Crippen LogP contribution in [-0.2, 0) is 14.3 Å². The molecule has 1 saturated heterocycles. The fourth-order valence-electron chi connectivity index (χ4n) is 6.05. The maximum absolute atomic E-state index is 14.1. The minimum absolute atomic E-state index is 0.132. The van der Waals surface area contributed by atoms with Crippen molar-refractivity contribution < 1.29 is 28.6 Å². The molecule has 2 N–H and O–H groups in total. The van der Waals surface area contributed by atoms with Gasteiger partial charge < -0.3 is 29.7 Å².